The van der Waals surface area contributed by atoms with Gasteiger partial charge in [0.2, 0.25) is 0 Å². The fraction of sp³-hybridized carbons (Fsp3) is 0.538. The van der Waals surface area contributed by atoms with Crippen molar-refractivity contribution in [2.24, 2.45) is 5.73 Å². The number of hydrogen-bond donors (Lipinski definition) is 1. The van der Waals surface area contributed by atoms with Gasteiger partial charge >= 0.3 is 0 Å². The molecule has 0 amide bonds. The van der Waals surface area contributed by atoms with Crippen LogP contribution in [0.3, 0.4) is 0 Å². The second-order valence-corrected chi connectivity index (χ2v) is 4.96. The van der Waals surface area contributed by atoms with Gasteiger partial charge in [0.25, 0.3) is 0 Å². The number of hydrogen-bond acceptors (Lipinski definition) is 3. The molecule has 1 aromatic rings. The van der Waals surface area contributed by atoms with E-state index in [1.54, 1.807) is 7.11 Å². The van der Waals surface area contributed by atoms with E-state index in [1.807, 2.05) is 12.1 Å². The lowest BCUT2D eigenvalue weighted by Crippen LogP contribution is -2.60. The molecule has 1 saturated carbocycles. The van der Waals surface area contributed by atoms with Crippen LogP contribution in [0, 0.1) is 0 Å². The minimum atomic E-state index is -0.0279. The molecule has 0 bridgehead atoms. The maximum atomic E-state index is 6.38. The Morgan fingerprint density at radius 2 is 1.81 bits per heavy atom. The van der Waals surface area contributed by atoms with Gasteiger partial charge in [-0.15, -0.1) is 0 Å². The van der Waals surface area contributed by atoms with Crippen LogP contribution in [0.15, 0.2) is 24.3 Å². The van der Waals surface area contributed by atoms with E-state index >= 15 is 0 Å². The number of benzene rings is 1. The van der Waals surface area contributed by atoms with E-state index < -0.39 is 0 Å². The highest BCUT2D eigenvalue weighted by Crippen LogP contribution is 2.53. The molecule has 1 heterocycles. The average molecular weight is 219 g/mol. The molecule has 0 atom stereocenters. The zero-order chi connectivity index (χ0) is 11.2. The Labute approximate surface area is 95.5 Å². The molecule has 16 heavy (non-hydrogen) atoms. The zero-order valence-corrected chi connectivity index (χ0v) is 9.53. The standard InChI is InChI=1S/C13H17NO2/c1-15-11-4-2-10(3-5-11)12(8-16-9-12)13(14)6-7-13/h2-5H,6-9,14H2,1H3. The quantitative estimate of drug-likeness (QED) is 0.837. The maximum Gasteiger partial charge on any atom is 0.118 e. The molecule has 0 unspecified atom stereocenters. The Hall–Kier alpha value is -1.06. The van der Waals surface area contributed by atoms with E-state index in [0.29, 0.717) is 0 Å². The van der Waals surface area contributed by atoms with E-state index in [0.717, 1.165) is 31.8 Å². The molecule has 3 rings (SSSR count). The highest BCUT2D eigenvalue weighted by molar-refractivity contribution is 5.40. The van der Waals surface area contributed by atoms with Crippen molar-refractivity contribution in [3.63, 3.8) is 0 Å². The number of nitrogens with two attached hydrogens (primary N) is 1. The molecule has 2 fully saturated rings. The minimum Gasteiger partial charge on any atom is -0.497 e. The van der Waals surface area contributed by atoms with Gasteiger partial charge in [0, 0.05) is 5.54 Å². The molecular formula is C13H17NO2. The predicted octanol–water partition coefficient (Wildman–Crippen LogP) is 1.45. The van der Waals surface area contributed by atoms with Crippen LogP contribution in [0.5, 0.6) is 5.75 Å². The van der Waals surface area contributed by atoms with E-state index in [-0.39, 0.29) is 11.0 Å². The van der Waals surface area contributed by atoms with Crippen molar-refractivity contribution in [3.8, 4) is 5.75 Å². The van der Waals surface area contributed by atoms with Gasteiger partial charge in [-0.05, 0) is 30.5 Å². The van der Waals surface area contributed by atoms with Crippen molar-refractivity contribution < 1.29 is 9.47 Å². The summed E-state index contributed by atoms with van der Waals surface area (Å²) in [7, 11) is 1.68. The Morgan fingerprint density at radius 3 is 2.19 bits per heavy atom. The Balaban J connectivity index is 1.94. The van der Waals surface area contributed by atoms with Crippen LogP contribution in [0.1, 0.15) is 18.4 Å². The SMILES string of the molecule is COc1ccc(C2(C3(N)CC3)COC2)cc1. The summed E-state index contributed by atoms with van der Waals surface area (Å²) in [5.41, 5.74) is 7.70. The lowest BCUT2D eigenvalue weighted by molar-refractivity contribution is -0.0786. The fourth-order valence-corrected chi connectivity index (χ4v) is 2.57. The molecule has 1 aliphatic carbocycles. The van der Waals surface area contributed by atoms with Crippen molar-refractivity contribution >= 4 is 0 Å². The summed E-state index contributed by atoms with van der Waals surface area (Å²) >= 11 is 0. The van der Waals surface area contributed by atoms with E-state index in [9.17, 15) is 0 Å². The molecule has 2 aliphatic rings. The number of rotatable bonds is 3. The summed E-state index contributed by atoms with van der Waals surface area (Å²) in [5, 5.41) is 0. The molecular weight excluding hydrogens is 202 g/mol. The molecule has 0 aromatic heterocycles. The minimum absolute atomic E-state index is 0.0279. The lowest BCUT2D eigenvalue weighted by Gasteiger charge is -2.47. The van der Waals surface area contributed by atoms with Gasteiger partial charge in [-0.1, -0.05) is 12.1 Å². The maximum absolute atomic E-state index is 6.38. The average Bonchev–Trinajstić information content (AvgIpc) is 2.97. The molecule has 0 spiro atoms. The molecule has 86 valence electrons. The van der Waals surface area contributed by atoms with Crippen LogP contribution in [-0.4, -0.2) is 25.9 Å². The normalized spacial score (nSPS) is 24.6. The summed E-state index contributed by atoms with van der Waals surface area (Å²) in [6.07, 6.45) is 2.23. The van der Waals surface area contributed by atoms with Crippen LogP contribution in [0.4, 0.5) is 0 Å². The molecule has 1 saturated heterocycles. The lowest BCUT2D eigenvalue weighted by atomic mass is 9.71. The smallest absolute Gasteiger partial charge is 0.118 e. The third-order valence-electron chi connectivity index (χ3n) is 4.08. The summed E-state index contributed by atoms with van der Waals surface area (Å²) in [4.78, 5) is 0. The predicted molar refractivity (Wildman–Crippen MR) is 61.6 cm³/mol. The zero-order valence-electron chi connectivity index (χ0n) is 9.53. The van der Waals surface area contributed by atoms with Crippen LogP contribution in [0.2, 0.25) is 0 Å². The summed E-state index contributed by atoms with van der Waals surface area (Å²) in [6.45, 7) is 1.52. The van der Waals surface area contributed by atoms with Gasteiger partial charge in [-0.2, -0.15) is 0 Å². The first kappa shape index (κ1) is 10.1. The van der Waals surface area contributed by atoms with Crippen molar-refractivity contribution in [1.29, 1.82) is 0 Å². The third-order valence-corrected chi connectivity index (χ3v) is 4.08. The highest BCUT2D eigenvalue weighted by atomic mass is 16.5. The molecule has 3 heteroatoms. The van der Waals surface area contributed by atoms with Gasteiger partial charge in [-0.25, -0.2) is 0 Å². The highest BCUT2D eigenvalue weighted by Gasteiger charge is 2.61. The van der Waals surface area contributed by atoms with Crippen LogP contribution in [-0.2, 0) is 10.2 Å². The van der Waals surface area contributed by atoms with Crippen molar-refractivity contribution in [1.82, 2.24) is 0 Å². The van der Waals surface area contributed by atoms with Crippen LogP contribution >= 0.6 is 0 Å². The second kappa shape index (κ2) is 3.22. The molecule has 1 aliphatic heterocycles. The second-order valence-electron chi connectivity index (χ2n) is 4.96. The Kier molecular flexibility index (Phi) is 2.03. The van der Waals surface area contributed by atoms with E-state index in [1.165, 1.54) is 5.56 Å². The van der Waals surface area contributed by atoms with Crippen molar-refractivity contribution in [2.45, 2.75) is 23.8 Å². The van der Waals surface area contributed by atoms with Gasteiger partial charge in [-0.3, -0.25) is 0 Å². The largest absolute Gasteiger partial charge is 0.497 e. The first-order valence-electron chi connectivity index (χ1n) is 5.71. The molecule has 3 nitrogen and oxygen atoms in total. The number of ether oxygens (including phenoxy) is 2. The van der Waals surface area contributed by atoms with Crippen molar-refractivity contribution in [2.75, 3.05) is 20.3 Å². The van der Waals surface area contributed by atoms with Gasteiger partial charge in [0.05, 0.1) is 25.7 Å². The number of methoxy groups -OCH3 is 1. The third kappa shape index (κ3) is 1.22. The molecule has 2 N–H and O–H groups in total. The van der Waals surface area contributed by atoms with E-state index in [2.05, 4.69) is 12.1 Å². The molecule has 1 aromatic carbocycles. The monoisotopic (exact) mass is 219 g/mol. The van der Waals surface area contributed by atoms with Gasteiger partial charge in [0.15, 0.2) is 0 Å². The van der Waals surface area contributed by atoms with Crippen LogP contribution in [0.25, 0.3) is 0 Å². The first-order chi connectivity index (χ1) is 7.70. The van der Waals surface area contributed by atoms with Crippen LogP contribution < -0.4 is 10.5 Å². The summed E-state index contributed by atoms with van der Waals surface area (Å²) < 4.78 is 10.6. The van der Waals surface area contributed by atoms with Gasteiger partial charge in [0.1, 0.15) is 5.75 Å². The van der Waals surface area contributed by atoms with Crippen molar-refractivity contribution in [3.05, 3.63) is 29.8 Å². The topological polar surface area (TPSA) is 44.5 Å². The Morgan fingerprint density at radius 1 is 1.19 bits per heavy atom. The van der Waals surface area contributed by atoms with Gasteiger partial charge < -0.3 is 15.2 Å². The fourth-order valence-electron chi connectivity index (χ4n) is 2.57. The summed E-state index contributed by atoms with van der Waals surface area (Å²) in [5.74, 6) is 0.890. The van der Waals surface area contributed by atoms with E-state index in [4.69, 9.17) is 15.2 Å². The first-order valence-corrected chi connectivity index (χ1v) is 5.71. The Bertz CT molecular complexity index is 391. The summed E-state index contributed by atoms with van der Waals surface area (Å²) in [6, 6.07) is 8.24. The molecule has 0 radical (unpaired) electrons.